The normalized spacial score (nSPS) is 19.0. The second-order valence-electron chi connectivity index (χ2n) is 5.70. The largest absolute Gasteiger partial charge is 0.455 e. The van der Waals surface area contributed by atoms with E-state index in [9.17, 15) is 18.0 Å². The smallest absolute Gasteiger partial charge is 0.310 e. The molecule has 1 aliphatic heterocycles. The molecule has 1 aromatic rings. The van der Waals surface area contributed by atoms with E-state index in [-0.39, 0.29) is 36.5 Å². The van der Waals surface area contributed by atoms with Crippen molar-refractivity contribution < 1.29 is 22.7 Å². The minimum atomic E-state index is -3.07. The molecule has 1 aliphatic rings. The number of carbonyl (C=O) groups is 2. The molecular formula is C16H20ClNO5S. The number of benzene rings is 1. The topological polar surface area (TPSA) is 80.8 Å². The Labute approximate surface area is 146 Å². The minimum Gasteiger partial charge on any atom is -0.455 e. The molecule has 1 saturated heterocycles. The van der Waals surface area contributed by atoms with Crippen LogP contribution in [0.3, 0.4) is 0 Å². The molecule has 6 nitrogen and oxygen atoms in total. The summed E-state index contributed by atoms with van der Waals surface area (Å²) in [4.78, 5) is 25.5. The molecule has 0 spiro atoms. The van der Waals surface area contributed by atoms with Crippen molar-refractivity contribution in [3.63, 3.8) is 0 Å². The van der Waals surface area contributed by atoms with E-state index in [4.69, 9.17) is 16.3 Å². The fourth-order valence-corrected chi connectivity index (χ4v) is 4.56. The highest BCUT2D eigenvalue weighted by atomic mass is 35.5. The van der Waals surface area contributed by atoms with Gasteiger partial charge in [0.2, 0.25) is 0 Å². The van der Waals surface area contributed by atoms with Gasteiger partial charge in [-0.1, -0.05) is 23.7 Å². The number of amides is 1. The van der Waals surface area contributed by atoms with Crippen LogP contribution in [0.25, 0.3) is 0 Å². The molecule has 0 N–H and O–H groups in total. The van der Waals surface area contributed by atoms with Gasteiger partial charge in [-0.25, -0.2) is 8.42 Å². The summed E-state index contributed by atoms with van der Waals surface area (Å²) >= 11 is 5.77. The van der Waals surface area contributed by atoms with E-state index in [1.54, 1.807) is 31.2 Å². The van der Waals surface area contributed by atoms with Gasteiger partial charge in [0, 0.05) is 17.6 Å². The number of sulfone groups is 1. The van der Waals surface area contributed by atoms with Gasteiger partial charge in [-0.15, -0.1) is 0 Å². The standard InChI is InChI=1S/C16H20ClNO5S/c1-2-18(14-7-8-24(21,22)11-14)15(19)10-23-16(20)9-12-3-5-13(17)6-4-12/h3-6,14H,2,7-11H2,1H3. The van der Waals surface area contributed by atoms with Gasteiger partial charge in [-0.05, 0) is 31.0 Å². The van der Waals surface area contributed by atoms with Crippen molar-refractivity contribution in [2.45, 2.75) is 25.8 Å². The molecule has 1 amide bonds. The van der Waals surface area contributed by atoms with Crippen LogP contribution < -0.4 is 0 Å². The van der Waals surface area contributed by atoms with Crippen molar-refractivity contribution in [2.24, 2.45) is 0 Å². The summed E-state index contributed by atoms with van der Waals surface area (Å²) in [6.45, 7) is 1.78. The van der Waals surface area contributed by atoms with Crippen LogP contribution in [0.4, 0.5) is 0 Å². The second kappa shape index (κ2) is 7.98. The van der Waals surface area contributed by atoms with Crippen LogP contribution in [-0.2, 0) is 30.6 Å². The summed E-state index contributed by atoms with van der Waals surface area (Å²) in [5.41, 5.74) is 0.742. The first-order chi connectivity index (χ1) is 11.3. The van der Waals surface area contributed by atoms with E-state index in [0.717, 1.165) is 5.56 Å². The zero-order valence-corrected chi connectivity index (χ0v) is 15.0. The predicted molar refractivity (Wildman–Crippen MR) is 90.6 cm³/mol. The Balaban J connectivity index is 1.84. The monoisotopic (exact) mass is 373 g/mol. The average Bonchev–Trinajstić information content (AvgIpc) is 2.88. The Morgan fingerprint density at radius 2 is 1.96 bits per heavy atom. The summed E-state index contributed by atoms with van der Waals surface area (Å²) < 4.78 is 28.1. The van der Waals surface area contributed by atoms with Crippen LogP contribution in [0.1, 0.15) is 18.9 Å². The summed E-state index contributed by atoms with van der Waals surface area (Å²) in [6, 6.07) is 6.45. The maximum atomic E-state index is 12.2. The molecule has 1 atom stereocenters. The van der Waals surface area contributed by atoms with Gasteiger partial charge in [0.1, 0.15) is 0 Å². The average molecular weight is 374 g/mol. The Morgan fingerprint density at radius 1 is 1.29 bits per heavy atom. The molecule has 8 heteroatoms. The molecule has 132 valence electrons. The van der Waals surface area contributed by atoms with Gasteiger partial charge in [0.15, 0.2) is 16.4 Å². The highest BCUT2D eigenvalue weighted by molar-refractivity contribution is 7.91. The third-order valence-electron chi connectivity index (χ3n) is 3.93. The lowest BCUT2D eigenvalue weighted by molar-refractivity contribution is -0.152. The number of hydrogen-bond acceptors (Lipinski definition) is 5. The Morgan fingerprint density at radius 3 is 2.50 bits per heavy atom. The minimum absolute atomic E-state index is 0.0225. The summed E-state index contributed by atoms with van der Waals surface area (Å²) in [6.07, 6.45) is 0.481. The maximum Gasteiger partial charge on any atom is 0.310 e. The molecule has 1 aromatic carbocycles. The van der Waals surface area contributed by atoms with E-state index in [1.807, 2.05) is 0 Å². The zero-order chi connectivity index (χ0) is 17.7. The SMILES string of the molecule is CCN(C(=O)COC(=O)Cc1ccc(Cl)cc1)C1CCS(=O)(=O)C1. The Kier molecular flexibility index (Phi) is 6.23. The number of halogens is 1. The fraction of sp³-hybridized carbons (Fsp3) is 0.500. The molecular weight excluding hydrogens is 354 g/mol. The molecule has 0 radical (unpaired) electrons. The highest BCUT2D eigenvalue weighted by Gasteiger charge is 2.34. The third kappa shape index (κ3) is 5.21. The van der Waals surface area contributed by atoms with Crippen molar-refractivity contribution >= 4 is 33.3 Å². The van der Waals surface area contributed by atoms with Crippen LogP contribution >= 0.6 is 11.6 Å². The molecule has 0 aromatic heterocycles. The van der Waals surface area contributed by atoms with Gasteiger partial charge in [0.25, 0.3) is 5.91 Å². The highest BCUT2D eigenvalue weighted by Crippen LogP contribution is 2.18. The summed E-state index contributed by atoms with van der Waals surface area (Å²) in [7, 11) is -3.07. The van der Waals surface area contributed by atoms with Gasteiger partial charge in [-0.3, -0.25) is 9.59 Å². The lowest BCUT2D eigenvalue weighted by atomic mass is 10.1. The first-order valence-electron chi connectivity index (χ1n) is 7.70. The first-order valence-corrected chi connectivity index (χ1v) is 9.90. The Hall–Kier alpha value is -1.60. The van der Waals surface area contributed by atoms with Gasteiger partial charge in [0.05, 0.1) is 17.9 Å². The number of hydrogen-bond donors (Lipinski definition) is 0. The van der Waals surface area contributed by atoms with Gasteiger partial charge < -0.3 is 9.64 Å². The first kappa shape index (κ1) is 18.7. The molecule has 2 rings (SSSR count). The fourth-order valence-electron chi connectivity index (χ4n) is 2.70. The van der Waals surface area contributed by atoms with Crippen LogP contribution in [-0.4, -0.2) is 55.9 Å². The second-order valence-corrected chi connectivity index (χ2v) is 8.37. The molecule has 1 fully saturated rings. The molecule has 0 aliphatic carbocycles. The van der Waals surface area contributed by atoms with Gasteiger partial charge >= 0.3 is 5.97 Å². The van der Waals surface area contributed by atoms with Gasteiger partial charge in [-0.2, -0.15) is 0 Å². The molecule has 1 unspecified atom stereocenters. The zero-order valence-electron chi connectivity index (χ0n) is 13.4. The third-order valence-corrected chi connectivity index (χ3v) is 5.93. The quantitative estimate of drug-likeness (QED) is 0.705. The number of ether oxygens (including phenoxy) is 1. The van der Waals surface area contributed by atoms with E-state index < -0.39 is 15.8 Å². The van der Waals surface area contributed by atoms with Crippen molar-refractivity contribution in [2.75, 3.05) is 24.7 Å². The molecule has 1 heterocycles. The van der Waals surface area contributed by atoms with Crippen LogP contribution in [0, 0.1) is 0 Å². The van der Waals surface area contributed by atoms with Crippen molar-refractivity contribution in [1.82, 2.24) is 4.90 Å². The molecule has 0 saturated carbocycles. The lowest BCUT2D eigenvalue weighted by Gasteiger charge is -2.26. The Bertz CT molecular complexity index is 702. The van der Waals surface area contributed by atoms with Crippen LogP contribution in [0.15, 0.2) is 24.3 Å². The molecule has 24 heavy (non-hydrogen) atoms. The van der Waals surface area contributed by atoms with Crippen LogP contribution in [0.2, 0.25) is 5.02 Å². The maximum absolute atomic E-state index is 12.2. The number of likely N-dealkylation sites (N-methyl/N-ethyl adjacent to an activating group) is 1. The lowest BCUT2D eigenvalue weighted by Crippen LogP contribution is -2.43. The number of nitrogens with zero attached hydrogens (tertiary/aromatic N) is 1. The number of esters is 1. The van der Waals surface area contributed by atoms with E-state index in [2.05, 4.69) is 0 Å². The number of rotatable bonds is 6. The van der Waals surface area contributed by atoms with E-state index in [0.29, 0.717) is 18.0 Å². The van der Waals surface area contributed by atoms with E-state index >= 15 is 0 Å². The van der Waals surface area contributed by atoms with Crippen LogP contribution in [0.5, 0.6) is 0 Å². The number of carbonyl (C=O) groups excluding carboxylic acids is 2. The van der Waals surface area contributed by atoms with E-state index in [1.165, 1.54) is 4.90 Å². The summed E-state index contributed by atoms with van der Waals surface area (Å²) in [5.74, 6) is -0.812. The predicted octanol–water partition coefficient (Wildman–Crippen LogP) is 1.46. The summed E-state index contributed by atoms with van der Waals surface area (Å²) in [5, 5.41) is 0.576. The van der Waals surface area contributed by atoms with Crippen molar-refractivity contribution in [1.29, 1.82) is 0 Å². The molecule has 0 bridgehead atoms. The van der Waals surface area contributed by atoms with Crippen molar-refractivity contribution in [3.8, 4) is 0 Å². The van der Waals surface area contributed by atoms with Crippen molar-refractivity contribution in [3.05, 3.63) is 34.9 Å².